The van der Waals surface area contributed by atoms with Crippen molar-refractivity contribution in [1.82, 2.24) is 15.2 Å². The van der Waals surface area contributed by atoms with Crippen LogP contribution < -0.4 is 5.32 Å². The van der Waals surface area contributed by atoms with Gasteiger partial charge in [-0.25, -0.2) is 0 Å². The molecule has 0 aliphatic carbocycles. The Hall–Kier alpha value is -1.42. The number of aliphatic imine (C=N–C) groups is 1. The second-order valence-corrected chi connectivity index (χ2v) is 4.97. The number of pyridine rings is 1. The van der Waals surface area contributed by atoms with Gasteiger partial charge in [0.2, 0.25) is 0 Å². The highest BCUT2D eigenvalue weighted by Crippen LogP contribution is 2.25. The fourth-order valence-electron chi connectivity index (χ4n) is 2.86. The van der Waals surface area contributed by atoms with Gasteiger partial charge in [0.25, 0.3) is 0 Å². The predicted octanol–water partition coefficient (Wildman–Crippen LogP) is 1.61. The van der Waals surface area contributed by atoms with Crippen LogP contribution in [0.5, 0.6) is 0 Å². The minimum atomic E-state index is 0.302. The first-order valence-electron chi connectivity index (χ1n) is 6.87. The van der Waals surface area contributed by atoms with Crippen molar-refractivity contribution in [1.29, 1.82) is 0 Å². The third kappa shape index (κ3) is 2.38. The van der Waals surface area contributed by atoms with Crippen molar-refractivity contribution in [3.8, 4) is 0 Å². The van der Waals surface area contributed by atoms with Crippen LogP contribution in [0.15, 0.2) is 29.5 Å². The molecule has 0 aromatic carbocycles. The highest BCUT2D eigenvalue weighted by atomic mass is 15.2. The van der Waals surface area contributed by atoms with Gasteiger partial charge in [0.05, 0.1) is 12.6 Å². The Balaban J connectivity index is 1.87. The van der Waals surface area contributed by atoms with Crippen molar-refractivity contribution in [3.05, 3.63) is 30.1 Å². The zero-order chi connectivity index (χ0) is 12.2. The van der Waals surface area contributed by atoms with Gasteiger partial charge in [-0.3, -0.25) is 14.9 Å². The molecule has 0 radical (unpaired) electrons. The molecule has 4 heteroatoms. The normalized spacial score (nSPS) is 22.3. The van der Waals surface area contributed by atoms with E-state index in [0.717, 1.165) is 18.9 Å². The number of hydrogen-bond donors (Lipinski definition) is 1. The van der Waals surface area contributed by atoms with Gasteiger partial charge in [0.1, 0.15) is 5.84 Å². The molecular formula is C14H20N4. The van der Waals surface area contributed by atoms with Crippen molar-refractivity contribution < 1.29 is 0 Å². The molecule has 18 heavy (non-hydrogen) atoms. The summed E-state index contributed by atoms with van der Waals surface area (Å²) in [6, 6.07) is 4.53. The average Bonchev–Trinajstić information content (AvgIpc) is 2.95. The van der Waals surface area contributed by atoms with Crippen LogP contribution in [0.3, 0.4) is 0 Å². The molecule has 1 N–H and O–H groups in total. The lowest BCUT2D eigenvalue weighted by molar-refractivity contribution is 0.201. The molecule has 96 valence electrons. The van der Waals surface area contributed by atoms with Gasteiger partial charge in [-0.2, -0.15) is 0 Å². The molecule has 1 aromatic rings. The Labute approximate surface area is 108 Å². The highest BCUT2D eigenvalue weighted by molar-refractivity contribution is 5.89. The van der Waals surface area contributed by atoms with Crippen LogP contribution in [-0.2, 0) is 0 Å². The van der Waals surface area contributed by atoms with Gasteiger partial charge >= 0.3 is 0 Å². The van der Waals surface area contributed by atoms with E-state index in [1.165, 1.54) is 37.9 Å². The summed E-state index contributed by atoms with van der Waals surface area (Å²) < 4.78 is 0. The number of aromatic nitrogens is 1. The fraction of sp³-hybridized carbons (Fsp3) is 0.571. The first kappa shape index (κ1) is 11.7. The molecule has 0 bridgehead atoms. The maximum Gasteiger partial charge on any atom is 0.119 e. The number of nitrogens with one attached hydrogen (secondary N) is 1. The van der Waals surface area contributed by atoms with Crippen molar-refractivity contribution >= 4 is 5.84 Å². The zero-order valence-corrected chi connectivity index (χ0v) is 10.7. The van der Waals surface area contributed by atoms with Gasteiger partial charge in [-0.05, 0) is 43.6 Å². The third-order valence-corrected chi connectivity index (χ3v) is 3.74. The molecule has 0 spiro atoms. The van der Waals surface area contributed by atoms with Crippen LogP contribution in [0, 0.1) is 0 Å². The quantitative estimate of drug-likeness (QED) is 0.878. The lowest BCUT2D eigenvalue weighted by Crippen LogP contribution is -2.41. The van der Waals surface area contributed by atoms with Crippen molar-refractivity contribution in [2.75, 3.05) is 26.2 Å². The van der Waals surface area contributed by atoms with Crippen molar-refractivity contribution in [2.45, 2.75) is 25.3 Å². The van der Waals surface area contributed by atoms with Gasteiger partial charge < -0.3 is 5.32 Å². The lowest BCUT2D eigenvalue weighted by Gasteiger charge is -2.34. The van der Waals surface area contributed by atoms with Crippen LogP contribution >= 0.6 is 0 Å². The van der Waals surface area contributed by atoms with E-state index in [2.05, 4.69) is 32.3 Å². The Morgan fingerprint density at radius 1 is 1.11 bits per heavy atom. The first-order valence-corrected chi connectivity index (χ1v) is 6.87. The van der Waals surface area contributed by atoms with Gasteiger partial charge in [0.15, 0.2) is 0 Å². The van der Waals surface area contributed by atoms with Crippen LogP contribution in [0.2, 0.25) is 0 Å². The number of nitrogens with zero attached hydrogens (tertiary/aromatic N) is 3. The second kappa shape index (κ2) is 5.48. The predicted molar refractivity (Wildman–Crippen MR) is 72.7 cm³/mol. The molecule has 1 atom stereocenters. The number of hydrogen-bond acceptors (Lipinski definition) is 4. The molecule has 3 heterocycles. The van der Waals surface area contributed by atoms with Crippen LogP contribution in [0.4, 0.5) is 0 Å². The summed E-state index contributed by atoms with van der Waals surface area (Å²) in [5.74, 6) is 1.14. The Morgan fingerprint density at radius 3 is 2.56 bits per heavy atom. The second-order valence-electron chi connectivity index (χ2n) is 4.97. The lowest BCUT2D eigenvalue weighted by atomic mass is 10.0. The molecule has 1 fully saturated rings. The number of rotatable bonds is 3. The van der Waals surface area contributed by atoms with Gasteiger partial charge in [-0.1, -0.05) is 6.42 Å². The standard InChI is InChI=1S/C14H20N4/c1-2-10-18(11-3-1)13(14-16-8-9-17-14)12-4-6-15-7-5-12/h4-7,13H,1-3,8-11H2,(H,16,17). The SMILES string of the molecule is c1cc(C(C2=NCCN2)N2CCCCC2)ccn1. The van der Waals surface area contributed by atoms with Gasteiger partial charge in [-0.15, -0.1) is 0 Å². The fourth-order valence-corrected chi connectivity index (χ4v) is 2.86. The molecule has 0 amide bonds. The monoisotopic (exact) mass is 244 g/mol. The minimum Gasteiger partial charge on any atom is -0.370 e. The number of likely N-dealkylation sites (tertiary alicyclic amines) is 1. The Bertz CT molecular complexity index is 409. The number of piperidine rings is 1. The Morgan fingerprint density at radius 2 is 1.89 bits per heavy atom. The van der Waals surface area contributed by atoms with E-state index in [9.17, 15) is 0 Å². The smallest absolute Gasteiger partial charge is 0.119 e. The molecule has 2 aliphatic rings. The van der Waals surface area contributed by atoms with Crippen molar-refractivity contribution in [2.24, 2.45) is 4.99 Å². The van der Waals surface area contributed by atoms with Crippen LogP contribution in [0.25, 0.3) is 0 Å². The van der Waals surface area contributed by atoms with Crippen LogP contribution in [-0.4, -0.2) is 41.9 Å². The highest BCUT2D eigenvalue weighted by Gasteiger charge is 2.28. The molecule has 2 aliphatic heterocycles. The summed E-state index contributed by atoms with van der Waals surface area (Å²) in [5, 5.41) is 3.44. The van der Waals surface area contributed by atoms with E-state index in [1.54, 1.807) is 0 Å². The maximum absolute atomic E-state index is 4.63. The summed E-state index contributed by atoms with van der Waals surface area (Å²) in [6.45, 7) is 4.23. The summed E-state index contributed by atoms with van der Waals surface area (Å²) in [7, 11) is 0. The van der Waals surface area contributed by atoms with E-state index in [4.69, 9.17) is 0 Å². The van der Waals surface area contributed by atoms with Crippen molar-refractivity contribution in [3.63, 3.8) is 0 Å². The zero-order valence-electron chi connectivity index (χ0n) is 10.7. The van der Waals surface area contributed by atoms with E-state index >= 15 is 0 Å². The molecule has 0 saturated carbocycles. The number of amidine groups is 1. The van der Waals surface area contributed by atoms with Crippen LogP contribution in [0.1, 0.15) is 30.9 Å². The molecule has 4 nitrogen and oxygen atoms in total. The molecule has 1 aromatic heterocycles. The largest absolute Gasteiger partial charge is 0.370 e. The Kier molecular flexibility index (Phi) is 3.55. The molecule has 3 rings (SSSR count). The van der Waals surface area contributed by atoms with E-state index in [1.807, 2.05) is 12.4 Å². The summed E-state index contributed by atoms with van der Waals surface area (Å²) in [6.07, 6.45) is 7.72. The van der Waals surface area contributed by atoms with E-state index in [-0.39, 0.29) is 0 Å². The minimum absolute atomic E-state index is 0.302. The van der Waals surface area contributed by atoms with E-state index < -0.39 is 0 Å². The maximum atomic E-state index is 4.63. The summed E-state index contributed by atoms with van der Waals surface area (Å²) in [4.78, 5) is 11.3. The van der Waals surface area contributed by atoms with Gasteiger partial charge in [0, 0.05) is 18.9 Å². The first-order chi connectivity index (χ1) is 8.95. The van der Waals surface area contributed by atoms with E-state index in [0.29, 0.717) is 6.04 Å². The average molecular weight is 244 g/mol. The third-order valence-electron chi connectivity index (χ3n) is 3.74. The summed E-state index contributed by atoms with van der Waals surface area (Å²) >= 11 is 0. The topological polar surface area (TPSA) is 40.5 Å². The molecule has 1 unspecified atom stereocenters. The molecular weight excluding hydrogens is 224 g/mol. The summed E-state index contributed by atoms with van der Waals surface area (Å²) in [5.41, 5.74) is 1.31. The molecule has 1 saturated heterocycles.